The van der Waals surface area contributed by atoms with Gasteiger partial charge in [0.1, 0.15) is 6.20 Å². The molecule has 0 aliphatic heterocycles. The van der Waals surface area contributed by atoms with Gasteiger partial charge in [-0.05, 0) is 0 Å². The zero-order chi connectivity index (χ0) is 6.97. The summed E-state index contributed by atoms with van der Waals surface area (Å²) in [5.41, 5.74) is 0.847. The smallest absolute Gasteiger partial charge is 0.255 e. The zero-order valence-corrected chi connectivity index (χ0v) is 5.57. The summed E-state index contributed by atoms with van der Waals surface area (Å²) in [6, 6.07) is 0. The lowest BCUT2D eigenvalue weighted by Crippen LogP contribution is -2.21. The van der Waals surface area contributed by atoms with E-state index in [1.165, 1.54) is 0 Å². The molecule has 2 aromatic rings. The van der Waals surface area contributed by atoms with Gasteiger partial charge < -0.3 is 0 Å². The summed E-state index contributed by atoms with van der Waals surface area (Å²) in [6.45, 7) is 1.96. The number of aromatic nitrogens is 4. The third-order valence-electron chi connectivity index (χ3n) is 1.43. The number of fused-ring (bicyclic) bond motifs is 1. The number of hydrogen-bond donors (Lipinski definition) is 1. The van der Waals surface area contributed by atoms with Gasteiger partial charge in [-0.15, -0.1) is 5.10 Å². The summed E-state index contributed by atoms with van der Waals surface area (Å²) in [5.74, 6) is 1.01. The number of H-pyrrole nitrogens is 1. The van der Waals surface area contributed by atoms with Crippen LogP contribution in [0, 0.1) is 6.92 Å². The molecule has 0 aliphatic rings. The van der Waals surface area contributed by atoms with Gasteiger partial charge in [0.05, 0.1) is 12.4 Å². The number of hydrogen-bond acceptors (Lipinski definition) is 2. The second-order valence-electron chi connectivity index (χ2n) is 2.11. The Labute approximate surface area is 57.5 Å². The van der Waals surface area contributed by atoms with Crippen LogP contribution < -0.4 is 4.40 Å². The molecule has 0 aromatic carbocycles. The minimum atomic E-state index is 0.847. The van der Waals surface area contributed by atoms with Gasteiger partial charge in [0.2, 0.25) is 5.82 Å². The summed E-state index contributed by atoms with van der Waals surface area (Å²) in [5, 5.41) is 6.84. The number of aryl methyl sites for hydroxylation is 1. The van der Waals surface area contributed by atoms with Crippen LogP contribution in [0.3, 0.4) is 0 Å². The van der Waals surface area contributed by atoms with E-state index in [4.69, 9.17) is 0 Å². The van der Waals surface area contributed by atoms with Gasteiger partial charge in [0.15, 0.2) is 0 Å². The number of nitrogens with zero attached hydrogens (tertiary/aromatic N) is 3. The predicted molar refractivity (Wildman–Crippen MR) is 34.3 cm³/mol. The standard InChI is InChI=1S/C6H6N4/c1-5-8-9-6-4-7-2-3-10(5)6/h2-4H,1H3/p+1. The third-order valence-corrected chi connectivity index (χ3v) is 1.43. The van der Waals surface area contributed by atoms with Crippen molar-refractivity contribution >= 4 is 5.65 Å². The Morgan fingerprint density at radius 1 is 1.60 bits per heavy atom. The van der Waals surface area contributed by atoms with Crippen LogP contribution in [0.4, 0.5) is 0 Å². The van der Waals surface area contributed by atoms with Crippen LogP contribution in [0.15, 0.2) is 18.6 Å². The van der Waals surface area contributed by atoms with Crippen molar-refractivity contribution in [3.8, 4) is 0 Å². The maximum atomic E-state index is 3.99. The van der Waals surface area contributed by atoms with Gasteiger partial charge in [-0.2, -0.15) is 4.40 Å². The SMILES string of the molecule is Cc1[nH]nc2cncc[n+]12. The zero-order valence-electron chi connectivity index (χ0n) is 5.57. The molecule has 0 radical (unpaired) electrons. The van der Waals surface area contributed by atoms with Crippen molar-refractivity contribution in [1.29, 1.82) is 0 Å². The molecule has 1 N–H and O–H groups in total. The van der Waals surface area contributed by atoms with Gasteiger partial charge in [0.25, 0.3) is 0 Å². The molecule has 0 amide bonds. The highest BCUT2D eigenvalue weighted by atomic mass is 15.2. The first-order valence-electron chi connectivity index (χ1n) is 3.04. The average Bonchev–Trinajstić information content (AvgIpc) is 2.34. The van der Waals surface area contributed by atoms with Crippen LogP contribution in [-0.2, 0) is 0 Å². The molecule has 0 bridgehead atoms. The topological polar surface area (TPSA) is 45.7 Å². The maximum Gasteiger partial charge on any atom is 0.324 e. The molecular formula is C6H7N4+. The molecule has 4 nitrogen and oxygen atoms in total. The molecule has 0 atom stereocenters. The van der Waals surface area contributed by atoms with Gasteiger partial charge in [-0.25, -0.2) is 0 Å². The monoisotopic (exact) mass is 135 g/mol. The third kappa shape index (κ3) is 0.586. The second kappa shape index (κ2) is 1.76. The van der Waals surface area contributed by atoms with Crippen molar-refractivity contribution in [2.75, 3.05) is 0 Å². The Bertz CT molecular complexity index is 351. The van der Waals surface area contributed by atoms with E-state index < -0.39 is 0 Å². The van der Waals surface area contributed by atoms with Crippen molar-refractivity contribution in [2.24, 2.45) is 0 Å². The van der Waals surface area contributed by atoms with E-state index in [2.05, 4.69) is 15.2 Å². The van der Waals surface area contributed by atoms with Crippen molar-refractivity contribution in [3.05, 3.63) is 24.4 Å². The molecule has 2 heterocycles. The van der Waals surface area contributed by atoms with E-state index in [0.29, 0.717) is 0 Å². The molecule has 10 heavy (non-hydrogen) atoms. The van der Waals surface area contributed by atoms with E-state index in [-0.39, 0.29) is 0 Å². The van der Waals surface area contributed by atoms with Crippen LogP contribution in [-0.4, -0.2) is 15.2 Å². The molecule has 0 spiro atoms. The first-order valence-corrected chi connectivity index (χ1v) is 3.04. The number of aromatic amines is 1. The molecule has 0 saturated heterocycles. The largest absolute Gasteiger partial charge is 0.324 e. The number of nitrogens with one attached hydrogen (secondary N) is 1. The molecule has 0 saturated carbocycles. The fraction of sp³-hybridized carbons (Fsp3) is 0.167. The van der Waals surface area contributed by atoms with Crippen molar-refractivity contribution in [1.82, 2.24) is 15.2 Å². The quantitative estimate of drug-likeness (QED) is 0.511. The normalized spacial score (nSPS) is 10.5. The molecule has 4 heteroatoms. The molecule has 0 aliphatic carbocycles. The van der Waals surface area contributed by atoms with Gasteiger partial charge >= 0.3 is 5.65 Å². The van der Waals surface area contributed by atoms with Crippen molar-refractivity contribution in [3.63, 3.8) is 0 Å². The minimum Gasteiger partial charge on any atom is -0.255 e. The van der Waals surface area contributed by atoms with Crippen molar-refractivity contribution in [2.45, 2.75) is 6.92 Å². The summed E-state index contributed by atoms with van der Waals surface area (Å²) >= 11 is 0. The Morgan fingerprint density at radius 2 is 2.50 bits per heavy atom. The van der Waals surface area contributed by atoms with Gasteiger partial charge in [-0.3, -0.25) is 4.98 Å². The van der Waals surface area contributed by atoms with Crippen LogP contribution >= 0.6 is 0 Å². The van der Waals surface area contributed by atoms with Gasteiger partial charge in [-0.1, -0.05) is 0 Å². The summed E-state index contributed by atoms with van der Waals surface area (Å²) in [7, 11) is 0. The highest BCUT2D eigenvalue weighted by Crippen LogP contribution is 1.86. The fourth-order valence-electron chi connectivity index (χ4n) is 0.912. The first kappa shape index (κ1) is 5.34. The Morgan fingerprint density at radius 3 is 3.30 bits per heavy atom. The van der Waals surface area contributed by atoms with Crippen LogP contribution in [0.1, 0.15) is 5.82 Å². The highest BCUT2D eigenvalue weighted by Gasteiger charge is 2.05. The summed E-state index contributed by atoms with van der Waals surface area (Å²) < 4.78 is 1.94. The predicted octanol–water partition coefficient (Wildman–Crippen LogP) is -0.148. The van der Waals surface area contributed by atoms with Gasteiger partial charge in [0, 0.05) is 12.0 Å². The fourth-order valence-corrected chi connectivity index (χ4v) is 0.912. The molecular weight excluding hydrogens is 128 g/mol. The Balaban J connectivity index is 2.93. The van der Waals surface area contributed by atoms with E-state index >= 15 is 0 Å². The molecule has 2 aromatic heterocycles. The maximum absolute atomic E-state index is 3.99. The van der Waals surface area contributed by atoms with Crippen molar-refractivity contribution < 1.29 is 4.40 Å². The summed E-state index contributed by atoms with van der Waals surface area (Å²) in [4.78, 5) is 3.92. The molecule has 50 valence electrons. The Hall–Kier alpha value is -1.45. The molecule has 0 unspecified atom stereocenters. The lowest BCUT2D eigenvalue weighted by molar-refractivity contribution is -0.520. The molecule has 2 rings (SSSR count). The lowest BCUT2D eigenvalue weighted by Gasteiger charge is -1.81. The van der Waals surface area contributed by atoms with Crippen LogP contribution in [0.25, 0.3) is 5.65 Å². The van der Waals surface area contributed by atoms with Crippen LogP contribution in [0.5, 0.6) is 0 Å². The van der Waals surface area contributed by atoms with E-state index in [0.717, 1.165) is 11.5 Å². The molecule has 0 fully saturated rings. The average molecular weight is 135 g/mol. The van der Waals surface area contributed by atoms with E-state index in [9.17, 15) is 0 Å². The summed E-state index contributed by atoms with van der Waals surface area (Å²) in [6.07, 6.45) is 5.31. The second-order valence-corrected chi connectivity index (χ2v) is 2.11. The van der Waals surface area contributed by atoms with E-state index in [1.807, 2.05) is 17.5 Å². The minimum absolute atomic E-state index is 0.847. The Kier molecular flexibility index (Phi) is 0.943. The first-order chi connectivity index (χ1) is 4.88. The number of rotatable bonds is 0. The lowest BCUT2D eigenvalue weighted by atomic mass is 10.6. The highest BCUT2D eigenvalue weighted by molar-refractivity contribution is 5.21. The van der Waals surface area contributed by atoms with Crippen LogP contribution in [0.2, 0.25) is 0 Å². The van der Waals surface area contributed by atoms with E-state index in [1.54, 1.807) is 12.4 Å².